The number of phosphoric acid groups is 1. The van der Waals surface area contributed by atoms with Gasteiger partial charge in [0.1, 0.15) is 13.6 Å². The van der Waals surface area contributed by atoms with Crippen molar-refractivity contribution in [2.75, 3.05) is 0 Å². The summed E-state index contributed by atoms with van der Waals surface area (Å²) in [6, 6.07) is 6.13. The molecule has 1 aromatic carbocycles. The average molecular weight is 298 g/mol. The summed E-state index contributed by atoms with van der Waals surface area (Å²) >= 11 is 2.05. The van der Waals surface area contributed by atoms with Gasteiger partial charge in [-0.15, -0.1) is 0 Å². The Balaban J connectivity index is 2.78. The molecule has 12 heavy (non-hydrogen) atoms. The molecule has 1 aromatic rings. The lowest BCUT2D eigenvalue weighted by atomic mass is 10.3. The van der Waals surface area contributed by atoms with Crippen LogP contribution in [0.25, 0.3) is 0 Å². The van der Waals surface area contributed by atoms with Gasteiger partial charge in [-0.3, -0.25) is 0 Å². The highest BCUT2D eigenvalue weighted by atomic mass is 127. The molecule has 1 rings (SSSR count). The Bertz CT molecular complexity index is 304. The van der Waals surface area contributed by atoms with Crippen LogP contribution in [0, 0.1) is 3.57 Å². The van der Waals surface area contributed by atoms with Gasteiger partial charge in [0.05, 0.1) is 0 Å². The van der Waals surface area contributed by atoms with Crippen molar-refractivity contribution in [1.29, 1.82) is 0 Å². The average Bonchev–Trinajstić information content (AvgIpc) is 1.91. The summed E-state index contributed by atoms with van der Waals surface area (Å²) in [5, 5.41) is 0. The number of benzene rings is 1. The van der Waals surface area contributed by atoms with Gasteiger partial charge in [-0.1, -0.05) is 0 Å². The molecule has 0 radical (unpaired) electrons. The van der Waals surface area contributed by atoms with Gasteiger partial charge < -0.3 is 18.9 Å². The number of rotatable bonds is 2. The summed E-state index contributed by atoms with van der Waals surface area (Å²) in [6.07, 6.45) is 0. The van der Waals surface area contributed by atoms with Gasteiger partial charge in [0.15, 0.2) is 0 Å². The molecular weight excluding hydrogens is 294 g/mol. The Hall–Kier alpha value is -0.100. The first kappa shape index (κ1) is 9.98. The molecule has 0 bridgehead atoms. The Morgan fingerprint density at radius 3 is 2.17 bits per heavy atom. The molecule has 0 aliphatic carbocycles. The Kier molecular flexibility index (Phi) is 3.11. The van der Waals surface area contributed by atoms with Crippen LogP contribution >= 0.6 is 30.4 Å². The van der Waals surface area contributed by atoms with Crippen molar-refractivity contribution >= 4 is 30.4 Å². The molecule has 4 nitrogen and oxygen atoms in total. The van der Waals surface area contributed by atoms with E-state index in [1.807, 2.05) is 0 Å². The lowest BCUT2D eigenvalue weighted by Crippen LogP contribution is -2.18. The van der Waals surface area contributed by atoms with E-state index in [0.717, 1.165) is 3.57 Å². The highest BCUT2D eigenvalue weighted by molar-refractivity contribution is 14.1. The molecule has 0 unspecified atom stereocenters. The molecule has 0 fully saturated rings. The Morgan fingerprint density at radius 1 is 1.25 bits per heavy atom. The summed E-state index contributed by atoms with van der Waals surface area (Å²) in [5.41, 5.74) is 0. The fourth-order valence-corrected chi connectivity index (χ4v) is 1.36. The van der Waals surface area contributed by atoms with Crippen LogP contribution < -0.4 is 14.3 Å². The lowest BCUT2D eigenvalue weighted by Gasteiger charge is -2.28. The van der Waals surface area contributed by atoms with Crippen molar-refractivity contribution in [3.8, 4) is 5.75 Å². The maximum absolute atomic E-state index is 10.1. The van der Waals surface area contributed by atoms with Gasteiger partial charge in [-0.05, 0) is 46.9 Å². The normalized spacial score (nSPS) is 11.2. The van der Waals surface area contributed by atoms with Crippen LogP contribution in [0.2, 0.25) is 0 Å². The largest absolute Gasteiger partial charge is 0.780 e. The molecule has 0 aliphatic heterocycles. The zero-order chi connectivity index (χ0) is 9.19. The minimum Gasteiger partial charge on any atom is -0.780 e. The van der Waals surface area contributed by atoms with Crippen molar-refractivity contribution in [3.05, 3.63) is 27.8 Å². The third-order valence-electron chi connectivity index (χ3n) is 1.03. The van der Waals surface area contributed by atoms with E-state index in [-0.39, 0.29) is 5.75 Å². The van der Waals surface area contributed by atoms with Gasteiger partial charge >= 0.3 is 0 Å². The van der Waals surface area contributed by atoms with Crippen molar-refractivity contribution in [2.45, 2.75) is 0 Å². The summed E-state index contributed by atoms with van der Waals surface area (Å²) in [7, 11) is -4.91. The molecule has 0 atom stereocenters. The van der Waals surface area contributed by atoms with Gasteiger partial charge in [-0.25, -0.2) is 0 Å². The second kappa shape index (κ2) is 3.74. The van der Waals surface area contributed by atoms with E-state index >= 15 is 0 Å². The van der Waals surface area contributed by atoms with Crippen molar-refractivity contribution in [3.63, 3.8) is 0 Å². The fourth-order valence-electron chi connectivity index (χ4n) is 0.625. The summed E-state index contributed by atoms with van der Waals surface area (Å²) in [5.74, 6) is 0.0451. The van der Waals surface area contributed by atoms with Gasteiger partial charge in [-0.2, -0.15) is 0 Å². The maximum atomic E-state index is 10.1. The molecule has 0 aromatic heterocycles. The van der Waals surface area contributed by atoms with Crippen LogP contribution in [0.4, 0.5) is 0 Å². The standard InChI is InChI=1S/C6H6IO4P/c7-5-1-3-6(4-2-5)11-12(8,9)10/h1-4H,(H2,8,9,10)/p-2. The van der Waals surface area contributed by atoms with Gasteiger partial charge in [0.25, 0.3) is 0 Å². The third kappa shape index (κ3) is 3.53. The summed E-state index contributed by atoms with van der Waals surface area (Å²) in [4.78, 5) is 20.3. The first-order valence-corrected chi connectivity index (χ1v) is 5.48. The first-order chi connectivity index (χ1) is 5.47. The Morgan fingerprint density at radius 2 is 1.75 bits per heavy atom. The molecule has 0 aliphatic rings. The molecule has 0 saturated carbocycles. The monoisotopic (exact) mass is 298 g/mol. The minimum absolute atomic E-state index is 0.0451. The fraction of sp³-hybridized carbons (Fsp3) is 0. The highest BCUT2D eigenvalue weighted by Crippen LogP contribution is 2.28. The number of hydrogen-bond donors (Lipinski definition) is 0. The second-order valence-electron chi connectivity index (χ2n) is 1.99. The van der Waals surface area contributed by atoms with E-state index < -0.39 is 7.82 Å². The molecule has 66 valence electrons. The van der Waals surface area contributed by atoms with Gasteiger partial charge in [0.2, 0.25) is 0 Å². The second-order valence-corrected chi connectivity index (χ2v) is 4.32. The van der Waals surface area contributed by atoms with E-state index in [1.54, 1.807) is 12.1 Å². The van der Waals surface area contributed by atoms with E-state index in [0.29, 0.717) is 0 Å². The topological polar surface area (TPSA) is 72.4 Å². The van der Waals surface area contributed by atoms with Crippen molar-refractivity contribution < 1.29 is 18.9 Å². The molecule has 6 heteroatoms. The molecule has 0 saturated heterocycles. The molecule has 0 spiro atoms. The predicted molar refractivity (Wildman–Crippen MR) is 47.4 cm³/mol. The third-order valence-corrected chi connectivity index (χ3v) is 2.18. The minimum atomic E-state index is -4.91. The summed E-state index contributed by atoms with van der Waals surface area (Å²) < 4.78 is 15.2. The number of halogens is 1. The van der Waals surface area contributed by atoms with E-state index in [9.17, 15) is 14.4 Å². The van der Waals surface area contributed by atoms with Crippen LogP contribution in [0.1, 0.15) is 0 Å². The van der Waals surface area contributed by atoms with Crippen LogP contribution in [-0.4, -0.2) is 0 Å². The highest BCUT2D eigenvalue weighted by Gasteiger charge is 1.94. The zero-order valence-corrected chi connectivity index (χ0v) is 8.82. The van der Waals surface area contributed by atoms with Crippen LogP contribution in [0.15, 0.2) is 24.3 Å². The lowest BCUT2D eigenvalue weighted by molar-refractivity contribution is -0.333. The van der Waals surface area contributed by atoms with Crippen LogP contribution in [0.5, 0.6) is 5.75 Å². The Labute approximate surface area is 82.9 Å². The van der Waals surface area contributed by atoms with Crippen LogP contribution in [0.3, 0.4) is 0 Å². The number of hydrogen-bond acceptors (Lipinski definition) is 4. The van der Waals surface area contributed by atoms with Crippen LogP contribution in [-0.2, 0) is 4.57 Å². The molecule has 0 amide bonds. The zero-order valence-electron chi connectivity index (χ0n) is 5.77. The number of phosphoric ester groups is 1. The van der Waals surface area contributed by atoms with E-state index in [4.69, 9.17) is 0 Å². The van der Waals surface area contributed by atoms with Crippen molar-refractivity contribution in [1.82, 2.24) is 0 Å². The molecule has 0 heterocycles. The SMILES string of the molecule is O=P([O-])([O-])Oc1ccc(I)cc1. The summed E-state index contributed by atoms with van der Waals surface area (Å²) in [6.45, 7) is 0. The van der Waals surface area contributed by atoms with Crippen molar-refractivity contribution in [2.24, 2.45) is 0 Å². The quantitative estimate of drug-likeness (QED) is 0.588. The van der Waals surface area contributed by atoms with E-state index in [2.05, 4.69) is 27.1 Å². The van der Waals surface area contributed by atoms with Gasteiger partial charge in [0, 0.05) is 3.57 Å². The molecular formula is C6H4IO4P-2. The molecule has 0 N–H and O–H groups in total. The first-order valence-electron chi connectivity index (χ1n) is 2.94. The maximum Gasteiger partial charge on any atom is 0.124 e. The smallest absolute Gasteiger partial charge is 0.124 e. The van der Waals surface area contributed by atoms with E-state index in [1.165, 1.54) is 12.1 Å². The predicted octanol–water partition coefficient (Wildman–Crippen LogP) is 0.499.